The lowest BCUT2D eigenvalue weighted by Gasteiger charge is -2.62. The van der Waals surface area contributed by atoms with Crippen LogP contribution in [-0.2, 0) is 14.3 Å². The number of anilines is 1. The Morgan fingerprint density at radius 1 is 1.08 bits per heavy atom. The fraction of sp³-hybridized carbons (Fsp3) is 0.763. The number of carbonyl (C=O) groups excluding carboxylic acids is 1. The molecule has 4 saturated carbocycles. The molecule has 4 aliphatic carbocycles. The fourth-order valence-electron chi connectivity index (χ4n) is 11.5. The maximum atomic E-state index is 12.8. The van der Waals surface area contributed by atoms with Gasteiger partial charge in [-0.15, -0.1) is 0 Å². The molecule has 11 nitrogen and oxygen atoms in total. The Kier molecular flexibility index (Phi) is 9.50. The van der Waals surface area contributed by atoms with Crippen molar-refractivity contribution >= 4 is 22.8 Å². The Morgan fingerprint density at radius 3 is 2.63 bits per heavy atom. The number of hydrogen-bond donors (Lipinski definition) is 5. The molecule has 268 valence electrons. The maximum Gasteiger partial charge on any atom is 0.306 e. The lowest BCUT2D eigenvalue weighted by atomic mass is 9.43. The molecule has 0 spiro atoms. The van der Waals surface area contributed by atoms with Gasteiger partial charge in [-0.1, -0.05) is 32.6 Å². The summed E-state index contributed by atoms with van der Waals surface area (Å²) in [5, 5.41) is 42.2. The number of ether oxygens (including phenoxy) is 2. The van der Waals surface area contributed by atoms with Crippen molar-refractivity contribution in [3.8, 4) is 11.8 Å². The second-order valence-corrected chi connectivity index (χ2v) is 16.5. The Bertz CT molecular complexity index is 1600. The maximum absolute atomic E-state index is 12.8. The second-order valence-electron chi connectivity index (χ2n) is 16.5. The molecule has 11 heteroatoms. The fourth-order valence-corrected chi connectivity index (χ4v) is 11.5. The molecule has 2 aromatic heterocycles. The predicted octanol–water partition coefficient (Wildman–Crippen LogP) is 3.96. The van der Waals surface area contributed by atoms with E-state index in [1.165, 1.54) is 12.7 Å². The molecule has 6 N–H and O–H groups in total. The highest BCUT2D eigenvalue weighted by atomic mass is 16.5. The summed E-state index contributed by atoms with van der Waals surface area (Å²) in [4.78, 5) is 21.3. The Morgan fingerprint density at radius 2 is 1.86 bits per heavy atom. The van der Waals surface area contributed by atoms with Crippen LogP contribution in [0.4, 0.5) is 5.82 Å². The number of nitrogens with two attached hydrogens (primary N) is 1. The molecule has 49 heavy (non-hydrogen) atoms. The van der Waals surface area contributed by atoms with Gasteiger partial charge in [0.05, 0.1) is 35.9 Å². The number of aromatic nitrogens is 3. The van der Waals surface area contributed by atoms with Gasteiger partial charge in [-0.25, -0.2) is 9.97 Å². The van der Waals surface area contributed by atoms with E-state index in [2.05, 4.69) is 42.6 Å². The second kappa shape index (κ2) is 13.4. The Balaban J connectivity index is 0.947. The van der Waals surface area contributed by atoms with E-state index < -0.39 is 18.4 Å². The largest absolute Gasteiger partial charge is 0.452 e. The van der Waals surface area contributed by atoms with Crippen LogP contribution in [0.25, 0.3) is 11.0 Å². The van der Waals surface area contributed by atoms with E-state index in [1.807, 2.05) is 0 Å². The molecule has 0 amide bonds. The normalized spacial score (nSPS) is 40.6. The summed E-state index contributed by atoms with van der Waals surface area (Å²) in [6, 6.07) is 0. The van der Waals surface area contributed by atoms with Gasteiger partial charge in [0, 0.05) is 19.0 Å². The Labute approximate surface area is 289 Å². The Hall–Kier alpha value is -2.75. The van der Waals surface area contributed by atoms with E-state index in [0.717, 1.165) is 51.4 Å². The summed E-state index contributed by atoms with van der Waals surface area (Å²) in [5.41, 5.74) is 7.64. The van der Waals surface area contributed by atoms with Crippen LogP contribution in [0.1, 0.15) is 103 Å². The quantitative estimate of drug-likeness (QED) is 0.213. The molecule has 2 aromatic rings. The predicted molar refractivity (Wildman–Crippen MR) is 182 cm³/mol. The first kappa shape index (κ1) is 34.7. The van der Waals surface area contributed by atoms with Crippen molar-refractivity contribution in [2.75, 3.05) is 18.9 Å². The summed E-state index contributed by atoms with van der Waals surface area (Å²) < 4.78 is 13.1. The van der Waals surface area contributed by atoms with Gasteiger partial charge in [-0.2, -0.15) is 0 Å². The standard InChI is InChI=1S/C38H54N4O7/c1-21(25-7-8-26-34-27(11-13-38(25,26)3)37(2)12-10-24(44)15-23(37)16-29(34)46)6-9-32(47)48-14-4-5-22-18-42(31-17-28(45)30(19-43)49-31)36-33(22)35(39)40-20-41-36/h18,20-21,23-31,34,43-46H,6-17,19H2,1-3H3,(H2,39,40,41)/t21-,23+,24-,25-,26+,27+,28+,29-,30-,31-,34+,37+,38-/m1/s1. The lowest BCUT2D eigenvalue weighted by Crippen LogP contribution is -2.58. The van der Waals surface area contributed by atoms with Crippen molar-refractivity contribution in [3.63, 3.8) is 0 Å². The first-order chi connectivity index (χ1) is 23.4. The number of hydrogen-bond acceptors (Lipinski definition) is 10. The smallest absolute Gasteiger partial charge is 0.306 e. The minimum absolute atomic E-state index is 0.0559. The van der Waals surface area contributed by atoms with E-state index in [1.54, 1.807) is 10.8 Å². The SMILES string of the molecule is C[C@H](CCC(=O)OCC#Cc1cn([C@H]2C[C@H](O)[C@@H](CO)O2)c2ncnc(N)c12)[C@H]1CC[C@H]2[C@@H]3[C@H](O)C[C@@H]4C[C@H](O)CC[C@]4(C)[C@H]3CC[C@]12C. The third-order valence-corrected chi connectivity index (χ3v) is 14.1. The highest BCUT2D eigenvalue weighted by Gasteiger charge is 2.62. The van der Waals surface area contributed by atoms with Crippen LogP contribution in [0.2, 0.25) is 0 Å². The topological polar surface area (TPSA) is 173 Å². The van der Waals surface area contributed by atoms with Gasteiger partial charge in [0.2, 0.25) is 0 Å². The number of nitrogens with zero attached hydrogens (tertiary/aromatic N) is 3. The van der Waals surface area contributed by atoms with Crippen LogP contribution < -0.4 is 5.73 Å². The molecule has 0 unspecified atom stereocenters. The number of carbonyl (C=O) groups is 1. The van der Waals surface area contributed by atoms with Gasteiger partial charge in [0.1, 0.15) is 30.1 Å². The van der Waals surface area contributed by atoms with E-state index in [4.69, 9.17) is 15.2 Å². The molecule has 1 saturated heterocycles. The number of nitrogen functional groups attached to an aromatic ring is 1. The molecular weight excluding hydrogens is 624 g/mol. The molecule has 5 fully saturated rings. The first-order valence-corrected chi connectivity index (χ1v) is 18.5. The van der Waals surface area contributed by atoms with Gasteiger partial charge < -0.3 is 40.2 Å². The molecular formula is C38H54N4O7. The molecule has 3 heterocycles. The van der Waals surface area contributed by atoms with Crippen LogP contribution in [-0.4, -0.2) is 78.6 Å². The van der Waals surface area contributed by atoms with Crippen LogP contribution in [0.5, 0.6) is 0 Å². The molecule has 0 radical (unpaired) electrons. The van der Waals surface area contributed by atoms with Gasteiger partial charge in [-0.3, -0.25) is 4.79 Å². The van der Waals surface area contributed by atoms with Crippen LogP contribution in [0.15, 0.2) is 12.5 Å². The van der Waals surface area contributed by atoms with Gasteiger partial charge in [-0.05, 0) is 104 Å². The lowest BCUT2D eigenvalue weighted by molar-refractivity contribution is -0.174. The average Bonchev–Trinajstić information content (AvgIpc) is 3.75. The van der Waals surface area contributed by atoms with Crippen LogP contribution in [0.3, 0.4) is 0 Å². The summed E-state index contributed by atoms with van der Waals surface area (Å²) in [5.74, 6) is 8.66. The molecule has 0 bridgehead atoms. The van der Waals surface area contributed by atoms with E-state index >= 15 is 0 Å². The van der Waals surface area contributed by atoms with Crippen molar-refractivity contribution in [3.05, 3.63) is 18.1 Å². The first-order valence-electron chi connectivity index (χ1n) is 18.5. The van der Waals surface area contributed by atoms with Crippen molar-refractivity contribution in [1.82, 2.24) is 14.5 Å². The van der Waals surface area contributed by atoms with Gasteiger partial charge in [0.25, 0.3) is 0 Å². The van der Waals surface area contributed by atoms with Gasteiger partial charge >= 0.3 is 5.97 Å². The summed E-state index contributed by atoms with van der Waals surface area (Å²) in [7, 11) is 0. The number of fused-ring (bicyclic) bond motifs is 6. The van der Waals surface area contributed by atoms with E-state index in [-0.39, 0.29) is 54.5 Å². The zero-order valence-corrected chi connectivity index (χ0v) is 29.1. The number of esters is 1. The van der Waals surface area contributed by atoms with Crippen LogP contribution in [0, 0.1) is 58.2 Å². The number of aliphatic hydroxyl groups excluding tert-OH is 4. The average molecular weight is 679 g/mol. The summed E-state index contributed by atoms with van der Waals surface area (Å²) in [6.07, 6.45) is 10.2. The minimum atomic E-state index is -0.800. The molecule has 7 rings (SSSR count). The van der Waals surface area contributed by atoms with Crippen LogP contribution >= 0.6 is 0 Å². The van der Waals surface area contributed by atoms with Crippen molar-refractivity contribution in [2.24, 2.45) is 46.3 Å². The highest BCUT2D eigenvalue weighted by Crippen LogP contribution is 2.68. The van der Waals surface area contributed by atoms with Crippen molar-refractivity contribution < 1.29 is 34.7 Å². The van der Waals surface area contributed by atoms with E-state index in [9.17, 15) is 25.2 Å². The highest BCUT2D eigenvalue weighted by molar-refractivity contribution is 5.92. The van der Waals surface area contributed by atoms with Gasteiger partial charge in [0.15, 0.2) is 6.61 Å². The van der Waals surface area contributed by atoms with Crippen molar-refractivity contribution in [2.45, 2.75) is 122 Å². The summed E-state index contributed by atoms with van der Waals surface area (Å²) >= 11 is 0. The molecule has 1 aliphatic heterocycles. The zero-order chi connectivity index (χ0) is 34.7. The van der Waals surface area contributed by atoms with E-state index in [0.29, 0.717) is 58.5 Å². The third-order valence-electron chi connectivity index (χ3n) is 14.1. The third kappa shape index (κ3) is 6.05. The zero-order valence-electron chi connectivity index (χ0n) is 29.1. The molecule has 0 aromatic carbocycles. The number of aliphatic hydroxyl groups is 4. The molecule has 13 atom stereocenters. The number of rotatable bonds is 7. The minimum Gasteiger partial charge on any atom is -0.452 e. The monoisotopic (exact) mass is 678 g/mol. The van der Waals surface area contributed by atoms with Crippen molar-refractivity contribution in [1.29, 1.82) is 0 Å². The molecule has 5 aliphatic rings. The summed E-state index contributed by atoms with van der Waals surface area (Å²) in [6.45, 7) is 6.85.